The SMILES string of the molecule is CC1CC(c2ncc3[nH]cc(Oc4ccccc4)c3n2)CC(C)N1.Cl.O. The van der Waals surface area contributed by atoms with Crippen LogP contribution in [0.15, 0.2) is 42.7 Å². The van der Waals surface area contributed by atoms with Gasteiger partial charge in [0.15, 0.2) is 5.75 Å². The molecule has 1 saturated heterocycles. The van der Waals surface area contributed by atoms with E-state index in [9.17, 15) is 0 Å². The first-order chi connectivity index (χ1) is 11.7. The highest BCUT2D eigenvalue weighted by molar-refractivity contribution is 5.85. The van der Waals surface area contributed by atoms with Gasteiger partial charge < -0.3 is 20.5 Å². The maximum absolute atomic E-state index is 5.98. The number of hydrogen-bond donors (Lipinski definition) is 2. The van der Waals surface area contributed by atoms with E-state index in [4.69, 9.17) is 9.72 Å². The Morgan fingerprint density at radius 2 is 1.77 bits per heavy atom. The van der Waals surface area contributed by atoms with E-state index in [1.54, 1.807) is 0 Å². The van der Waals surface area contributed by atoms with Crippen molar-refractivity contribution in [2.45, 2.75) is 44.7 Å². The molecule has 4 N–H and O–H groups in total. The van der Waals surface area contributed by atoms with Crippen LogP contribution in [0.1, 0.15) is 38.4 Å². The summed E-state index contributed by atoms with van der Waals surface area (Å²) in [7, 11) is 0. The van der Waals surface area contributed by atoms with Crippen molar-refractivity contribution in [2.75, 3.05) is 0 Å². The van der Waals surface area contributed by atoms with Gasteiger partial charge in [0.2, 0.25) is 0 Å². The Labute approximate surface area is 159 Å². The van der Waals surface area contributed by atoms with Crippen molar-refractivity contribution in [3.63, 3.8) is 0 Å². The van der Waals surface area contributed by atoms with Crippen molar-refractivity contribution in [3.8, 4) is 11.5 Å². The average molecular weight is 377 g/mol. The number of para-hydroxylation sites is 1. The fourth-order valence-corrected chi connectivity index (χ4v) is 3.57. The molecule has 3 aromatic rings. The second-order valence-electron chi connectivity index (χ2n) is 6.70. The van der Waals surface area contributed by atoms with Crippen molar-refractivity contribution >= 4 is 23.4 Å². The molecule has 0 spiro atoms. The molecule has 2 aromatic heterocycles. The predicted octanol–water partition coefficient (Wildman–Crippen LogP) is 3.59. The normalized spacial score (nSPS) is 22.3. The summed E-state index contributed by atoms with van der Waals surface area (Å²) in [5, 5.41) is 3.57. The molecule has 1 fully saturated rings. The van der Waals surface area contributed by atoms with E-state index in [-0.39, 0.29) is 17.9 Å². The Morgan fingerprint density at radius 3 is 2.46 bits per heavy atom. The first-order valence-corrected chi connectivity index (χ1v) is 8.52. The lowest BCUT2D eigenvalue weighted by Crippen LogP contribution is -2.41. The number of benzene rings is 1. The van der Waals surface area contributed by atoms with Gasteiger partial charge in [-0.15, -0.1) is 12.4 Å². The highest BCUT2D eigenvalue weighted by Gasteiger charge is 2.26. The van der Waals surface area contributed by atoms with Crippen LogP contribution in [-0.4, -0.2) is 32.5 Å². The van der Waals surface area contributed by atoms with Crippen LogP contribution in [0.4, 0.5) is 0 Å². The standard InChI is InChI=1S/C19H22N4O.ClH.H2O/c1-12-8-14(9-13(2)22-12)19-21-10-16-18(23-19)17(11-20-16)24-15-6-4-3-5-7-15;;/h3-7,10-14,20,22H,8-9H2,1-2H3;1H;1H2. The Hall–Kier alpha value is -2.15. The van der Waals surface area contributed by atoms with Crippen LogP contribution >= 0.6 is 12.4 Å². The fraction of sp³-hybridized carbons (Fsp3) is 0.368. The van der Waals surface area contributed by atoms with Crippen molar-refractivity contribution in [2.24, 2.45) is 0 Å². The predicted molar refractivity (Wildman–Crippen MR) is 105 cm³/mol. The summed E-state index contributed by atoms with van der Waals surface area (Å²) in [5.74, 6) is 2.86. The molecule has 1 aliphatic rings. The minimum absolute atomic E-state index is 0. The van der Waals surface area contributed by atoms with Gasteiger partial charge in [-0.05, 0) is 38.8 Å². The minimum atomic E-state index is 0. The number of piperidine rings is 1. The molecule has 7 heteroatoms. The van der Waals surface area contributed by atoms with Crippen LogP contribution in [0.25, 0.3) is 11.0 Å². The van der Waals surface area contributed by atoms with Gasteiger partial charge in [0.05, 0.1) is 11.7 Å². The van der Waals surface area contributed by atoms with Crippen LogP contribution in [0.5, 0.6) is 11.5 Å². The van der Waals surface area contributed by atoms with Gasteiger partial charge in [-0.1, -0.05) is 18.2 Å². The second-order valence-corrected chi connectivity index (χ2v) is 6.70. The van der Waals surface area contributed by atoms with Gasteiger partial charge in [-0.25, -0.2) is 9.97 Å². The monoisotopic (exact) mass is 376 g/mol. The maximum atomic E-state index is 5.98. The molecular formula is C19H25ClN4O2. The highest BCUT2D eigenvalue weighted by atomic mass is 35.5. The van der Waals surface area contributed by atoms with E-state index in [0.717, 1.165) is 41.2 Å². The highest BCUT2D eigenvalue weighted by Crippen LogP contribution is 2.32. The van der Waals surface area contributed by atoms with Crippen LogP contribution in [0.3, 0.4) is 0 Å². The lowest BCUT2D eigenvalue weighted by atomic mass is 9.88. The number of fused-ring (bicyclic) bond motifs is 1. The van der Waals surface area contributed by atoms with Crippen molar-refractivity contribution in [1.29, 1.82) is 0 Å². The number of nitrogens with one attached hydrogen (secondary N) is 2. The molecule has 0 saturated carbocycles. The van der Waals surface area contributed by atoms with Crippen LogP contribution in [0.2, 0.25) is 0 Å². The van der Waals surface area contributed by atoms with Gasteiger partial charge in [0.1, 0.15) is 17.1 Å². The molecule has 6 nitrogen and oxygen atoms in total. The van der Waals surface area contributed by atoms with E-state index >= 15 is 0 Å². The van der Waals surface area contributed by atoms with Gasteiger partial charge in [-0.3, -0.25) is 0 Å². The number of ether oxygens (including phenoxy) is 1. The maximum Gasteiger partial charge on any atom is 0.171 e. The Bertz CT molecular complexity index is 830. The van der Waals surface area contributed by atoms with Crippen LogP contribution in [-0.2, 0) is 0 Å². The number of hydrogen-bond acceptors (Lipinski definition) is 4. The molecule has 1 aliphatic heterocycles. The first-order valence-electron chi connectivity index (χ1n) is 8.52. The lowest BCUT2D eigenvalue weighted by Gasteiger charge is -2.32. The molecule has 2 atom stereocenters. The third-order valence-corrected chi connectivity index (χ3v) is 4.58. The zero-order chi connectivity index (χ0) is 16.5. The molecule has 1 aromatic carbocycles. The van der Waals surface area contributed by atoms with Gasteiger partial charge in [0, 0.05) is 24.2 Å². The number of rotatable bonds is 3. The van der Waals surface area contributed by atoms with E-state index in [2.05, 4.69) is 29.1 Å². The van der Waals surface area contributed by atoms with Gasteiger partial charge >= 0.3 is 0 Å². The molecule has 2 unspecified atom stereocenters. The molecular weight excluding hydrogens is 352 g/mol. The minimum Gasteiger partial charge on any atom is -0.453 e. The largest absolute Gasteiger partial charge is 0.453 e. The lowest BCUT2D eigenvalue weighted by molar-refractivity contribution is 0.310. The molecule has 0 radical (unpaired) electrons. The number of halogens is 1. The number of nitrogens with zero attached hydrogens (tertiary/aromatic N) is 2. The Kier molecular flexibility index (Phi) is 6.58. The van der Waals surface area contributed by atoms with E-state index in [1.807, 2.05) is 42.7 Å². The molecule has 3 heterocycles. The van der Waals surface area contributed by atoms with E-state index in [0.29, 0.717) is 18.0 Å². The summed E-state index contributed by atoms with van der Waals surface area (Å²) in [6.45, 7) is 4.45. The quantitative estimate of drug-likeness (QED) is 0.730. The Balaban J connectivity index is 0.00000121. The summed E-state index contributed by atoms with van der Waals surface area (Å²) in [4.78, 5) is 12.6. The molecule has 0 aliphatic carbocycles. The summed E-state index contributed by atoms with van der Waals surface area (Å²) < 4.78 is 5.98. The first kappa shape index (κ1) is 20.2. The summed E-state index contributed by atoms with van der Waals surface area (Å²) in [6.07, 6.45) is 5.85. The average Bonchev–Trinajstić information content (AvgIpc) is 2.97. The summed E-state index contributed by atoms with van der Waals surface area (Å²) >= 11 is 0. The molecule has 0 bridgehead atoms. The molecule has 26 heavy (non-hydrogen) atoms. The van der Waals surface area contributed by atoms with E-state index in [1.165, 1.54) is 0 Å². The molecule has 140 valence electrons. The summed E-state index contributed by atoms with van der Waals surface area (Å²) in [6, 6.07) is 10.8. The Morgan fingerprint density at radius 1 is 1.08 bits per heavy atom. The topological polar surface area (TPSA) is 94.3 Å². The van der Waals surface area contributed by atoms with Crippen molar-refractivity contribution < 1.29 is 10.2 Å². The van der Waals surface area contributed by atoms with E-state index < -0.39 is 0 Å². The van der Waals surface area contributed by atoms with Crippen molar-refractivity contribution in [3.05, 3.63) is 48.5 Å². The van der Waals surface area contributed by atoms with Crippen LogP contribution < -0.4 is 10.1 Å². The fourth-order valence-electron chi connectivity index (χ4n) is 3.57. The number of aromatic amines is 1. The van der Waals surface area contributed by atoms with Gasteiger partial charge in [-0.2, -0.15) is 0 Å². The third-order valence-electron chi connectivity index (χ3n) is 4.58. The number of H-pyrrole nitrogens is 1. The summed E-state index contributed by atoms with van der Waals surface area (Å²) in [5.41, 5.74) is 1.75. The van der Waals surface area contributed by atoms with Gasteiger partial charge in [0.25, 0.3) is 0 Å². The van der Waals surface area contributed by atoms with Crippen LogP contribution in [0, 0.1) is 0 Å². The second kappa shape index (κ2) is 8.49. The van der Waals surface area contributed by atoms with Crippen molar-refractivity contribution in [1.82, 2.24) is 20.3 Å². The smallest absolute Gasteiger partial charge is 0.171 e. The molecule has 0 amide bonds. The third kappa shape index (κ3) is 4.15. The zero-order valence-corrected chi connectivity index (χ0v) is 15.7. The zero-order valence-electron chi connectivity index (χ0n) is 14.9. The molecule has 4 rings (SSSR count). The number of aromatic nitrogens is 3.